The summed E-state index contributed by atoms with van der Waals surface area (Å²) in [7, 11) is 0. The van der Waals surface area contributed by atoms with Gasteiger partial charge >= 0.3 is 11.9 Å². The molecule has 0 amide bonds. The van der Waals surface area contributed by atoms with E-state index in [1.54, 1.807) is 12.1 Å². The molecule has 0 spiro atoms. The van der Waals surface area contributed by atoms with Crippen LogP contribution in [-0.2, 0) is 9.47 Å². The third-order valence-corrected chi connectivity index (χ3v) is 3.38. The Morgan fingerprint density at radius 3 is 2.21 bits per heavy atom. The van der Waals surface area contributed by atoms with E-state index < -0.39 is 11.9 Å². The molecule has 0 saturated heterocycles. The van der Waals surface area contributed by atoms with Crippen molar-refractivity contribution in [3.05, 3.63) is 29.6 Å². The molecule has 0 aromatic carbocycles. The van der Waals surface area contributed by atoms with Crippen molar-refractivity contribution in [3.63, 3.8) is 0 Å². The van der Waals surface area contributed by atoms with Crippen molar-refractivity contribution in [2.24, 2.45) is 11.3 Å². The highest BCUT2D eigenvalue weighted by atomic mass is 16.5. The zero-order chi connectivity index (χ0) is 18.3. The van der Waals surface area contributed by atoms with Gasteiger partial charge in [-0.2, -0.15) is 0 Å². The molecule has 1 aromatic rings. The van der Waals surface area contributed by atoms with E-state index in [1.807, 2.05) is 41.5 Å². The van der Waals surface area contributed by atoms with Gasteiger partial charge < -0.3 is 9.47 Å². The average Bonchev–Trinajstić information content (AvgIpc) is 2.51. The normalized spacial score (nSPS) is 12.8. The molecule has 5 nitrogen and oxygen atoms in total. The van der Waals surface area contributed by atoms with Gasteiger partial charge in [0.15, 0.2) is 0 Å². The minimum absolute atomic E-state index is 0.116. The Morgan fingerprint density at radius 1 is 1.12 bits per heavy atom. The molecule has 0 saturated carbocycles. The van der Waals surface area contributed by atoms with Crippen LogP contribution in [0.2, 0.25) is 0 Å². The smallest absolute Gasteiger partial charge is 0.357 e. The number of pyridine rings is 1. The maximum Gasteiger partial charge on any atom is 0.357 e. The minimum Gasteiger partial charge on any atom is -0.460 e. The summed E-state index contributed by atoms with van der Waals surface area (Å²) in [6.45, 7) is 12.3. The molecule has 5 heteroatoms. The maximum absolute atomic E-state index is 12.3. The molecule has 0 aliphatic carbocycles. The van der Waals surface area contributed by atoms with Gasteiger partial charge in [0.2, 0.25) is 0 Å². The van der Waals surface area contributed by atoms with Crippen molar-refractivity contribution in [3.8, 4) is 0 Å². The molecule has 1 atom stereocenters. The fraction of sp³-hybridized carbons (Fsp3) is 0.632. The number of hydrogen-bond acceptors (Lipinski definition) is 5. The summed E-state index contributed by atoms with van der Waals surface area (Å²) < 4.78 is 10.8. The van der Waals surface area contributed by atoms with Crippen LogP contribution in [0, 0.1) is 11.3 Å². The summed E-state index contributed by atoms with van der Waals surface area (Å²) in [4.78, 5) is 28.4. The molecule has 134 valence electrons. The number of carbonyl (C=O) groups excluding carboxylic acids is 2. The van der Waals surface area contributed by atoms with Gasteiger partial charge in [0, 0.05) is 0 Å². The summed E-state index contributed by atoms with van der Waals surface area (Å²) in [6.07, 6.45) is 1.58. The van der Waals surface area contributed by atoms with Gasteiger partial charge in [-0.1, -0.05) is 54.0 Å². The molecular weight excluding hydrogens is 306 g/mol. The van der Waals surface area contributed by atoms with E-state index in [2.05, 4.69) is 4.98 Å². The average molecular weight is 335 g/mol. The van der Waals surface area contributed by atoms with Crippen LogP contribution < -0.4 is 0 Å². The first-order valence-electron chi connectivity index (χ1n) is 8.49. The standard InChI is InChI=1S/C19H29NO4/c1-7-9-16(13(2)3)24-18(22)15-11-8-10-14(20-15)17(21)23-12-19(4,5)6/h8,10-11,13,16H,7,9,12H2,1-6H3. The second kappa shape index (κ2) is 8.81. The van der Waals surface area contributed by atoms with Crippen LogP contribution in [0.5, 0.6) is 0 Å². The number of hydrogen-bond donors (Lipinski definition) is 0. The summed E-state index contributed by atoms with van der Waals surface area (Å²) in [5, 5.41) is 0. The second-order valence-electron chi connectivity index (χ2n) is 7.52. The number of aromatic nitrogens is 1. The van der Waals surface area contributed by atoms with Crippen LogP contribution in [-0.4, -0.2) is 29.6 Å². The predicted octanol–water partition coefficient (Wildman–Crippen LogP) is 4.27. The van der Waals surface area contributed by atoms with E-state index in [9.17, 15) is 9.59 Å². The molecule has 1 unspecified atom stereocenters. The highest BCUT2D eigenvalue weighted by Gasteiger charge is 2.21. The molecule has 1 rings (SSSR count). The lowest BCUT2D eigenvalue weighted by Crippen LogP contribution is -2.24. The molecule has 1 heterocycles. The van der Waals surface area contributed by atoms with Gasteiger partial charge in [-0.05, 0) is 29.9 Å². The number of rotatable bonds is 7. The fourth-order valence-electron chi connectivity index (χ4n) is 2.03. The summed E-state index contributed by atoms with van der Waals surface area (Å²) in [6, 6.07) is 4.70. The largest absolute Gasteiger partial charge is 0.460 e. The van der Waals surface area contributed by atoms with Crippen LogP contribution in [0.25, 0.3) is 0 Å². The number of esters is 2. The molecule has 0 radical (unpaired) electrons. The first-order valence-corrected chi connectivity index (χ1v) is 8.49. The Balaban J connectivity index is 2.80. The third-order valence-electron chi connectivity index (χ3n) is 3.38. The molecule has 0 fully saturated rings. The molecule has 1 aromatic heterocycles. The van der Waals surface area contributed by atoms with Gasteiger partial charge in [-0.15, -0.1) is 0 Å². The zero-order valence-corrected chi connectivity index (χ0v) is 15.6. The molecule has 0 aliphatic heterocycles. The Labute approximate surface area is 144 Å². The Hall–Kier alpha value is -1.91. The first kappa shape index (κ1) is 20.1. The van der Waals surface area contributed by atoms with Gasteiger partial charge in [-0.3, -0.25) is 0 Å². The van der Waals surface area contributed by atoms with Crippen molar-refractivity contribution in [1.82, 2.24) is 4.98 Å². The summed E-state index contributed by atoms with van der Waals surface area (Å²) in [5.41, 5.74) is 0.115. The van der Waals surface area contributed by atoms with E-state index >= 15 is 0 Å². The molecule has 24 heavy (non-hydrogen) atoms. The minimum atomic E-state index is -0.534. The number of carbonyl (C=O) groups is 2. The van der Waals surface area contributed by atoms with E-state index in [0.717, 1.165) is 12.8 Å². The highest BCUT2D eigenvalue weighted by Crippen LogP contribution is 2.16. The second-order valence-corrected chi connectivity index (χ2v) is 7.52. The first-order chi connectivity index (χ1) is 11.1. The number of nitrogens with zero attached hydrogens (tertiary/aromatic N) is 1. The van der Waals surface area contributed by atoms with Crippen LogP contribution in [0.1, 0.15) is 75.4 Å². The van der Waals surface area contributed by atoms with Crippen molar-refractivity contribution in [1.29, 1.82) is 0 Å². The lowest BCUT2D eigenvalue weighted by atomic mass is 9.99. The van der Waals surface area contributed by atoms with Crippen molar-refractivity contribution in [2.45, 2.75) is 60.5 Å². The van der Waals surface area contributed by atoms with Crippen LogP contribution in [0.3, 0.4) is 0 Å². The van der Waals surface area contributed by atoms with Crippen molar-refractivity contribution < 1.29 is 19.1 Å². The number of ether oxygens (including phenoxy) is 2. The molecule has 0 aliphatic rings. The molecule has 0 N–H and O–H groups in total. The predicted molar refractivity (Wildman–Crippen MR) is 92.9 cm³/mol. The quantitative estimate of drug-likeness (QED) is 0.696. The topological polar surface area (TPSA) is 65.5 Å². The molecular formula is C19H29NO4. The van der Waals surface area contributed by atoms with E-state index in [1.165, 1.54) is 6.07 Å². The van der Waals surface area contributed by atoms with E-state index in [0.29, 0.717) is 0 Å². The Morgan fingerprint density at radius 2 is 1.71 bits per heavy atom. The lowest BCUT2D eigenvalue weighted by Gasteiger charge is -2.20. The maximum atomic E-state index is 12.3. The Bertz CT molecular complexity index is 561. The third kappa shape index (κ3) is 6.69. The van der Waals surface area contributed by atoms with Gasteiger partial charge in [0.05, 0.1) is 6.61 Å². The Kier molecular flexibility index (Phi) is 7.39. The van der Waals surface area contributed by atoms with Crippen molar-refractivity contribution in [2.75, 3.05) is 6.61 Å². The molecule has 0 bridgehead atoms. The van der Waals surface area contributed by atoms with Crippen LogP contribution in [0.4, 0.5) is 0 Å². The van der Waals surface area contributed by atoms with E-state index in [-0.39, 0.29) is 35.4 Å². The monoisotopic (exact) mass is 335 g/mol. The van der Waals surface area contributed by atoms with Gasteiger partial charge in [0.25, 0.3) is 0 Å². The van der Waals surface area contributed by atoms with E-state index in [4.69, 9.17) is 9.47 Å². The van der Waals surface area contributed by atoms with Crippen molar-refractivity contribution >= 4 is 11.9 Å². The highest BCUT2D eigenvalue weighted by molar-refractivity contribution is 5.91. The van der Waals surface area contributed by atoms with Gasteiger partial charge in [-0.25, -0.2) is 14.6 Å². The van der Waals surface area contributed by atoms with Crippen LogP contribution in [0.15, 0.2) is 18.2 Å². The lowest BCUT2D eigenvalue weighted by molar-refractivity contribution is 0.0150. The SMILES string of the molecule is CCCC(OC(=O)c1cccc(C(=O)OCC(C)(C)C)n1)C(C)C. The van der Waals surface area contributed by atoms with Gasteiger partial charge in [0.1, 0.15) is 17.5 Å². The fourth-order valence-corrected chi connectivity index (χ4v) is 2.03. The zero-order valence-electron chi connectivity index (χ0n) is 15.6. The summed E-state index contributed by atoms with van der Waals surface area (Å²) in [5.74, 6) is -0.810. The van der Waals surface area contributed by atoms with Crippen LogP contribution >= 0.6 is 0 Å². The summed E-state index contributed by atoms with van der Waals surface area (Å²) >= 11 is 0.